The van der Waals surface area contributed by atoms with Crippen LogP contribution < -0.4 is 0 Å². The molecule has 0 atom stereocenters. The van der Waals surface area contributed by atoms with Crippen LogP contribution in [-0.4, -0.2) is 0 Å². The van der Waals surface area contributed by atoms with Crippen LogP contribution in [0, 0.1) is 0 Å². The topological polar surface area (TPSA) is 0 Å². The molecule has 0 heterocycles. The maximum Gasteiger partial charge on any atom is -0.000787 e. The fourth-order valence-corrected chi connectivity index (χ4v) is 9.31. The minimum Gasteiger partial charge on any atom is -0.0622 e. The van der Waals surface area contributed by atoms with Crippen LogP contribution in [-0.2, 0) is 6.42 Å². The van der Waals surface area contributed by atoms with Gasteiger partial charge in [0, 0.05) is 0 Å². The van der Waals surface area contributed by atoms with Crippen molar-refractivity contribution in [3.8, 4) is 66.8 Å². The molecule has 0 nitrogen and oxygen atoms in total. The summed E-state index contributed by atoms with van der Waals surface area (Å²) in [5, 5.41) is 7.52. The Bertz CT molecular complexity index is 3040. The van der Waals surface area contributed by atoms with Crippen molar-refractivity contribution in [2.24, 2.45) is 0 Å². The monoisotopic (exact) mass is 696 g/mol. The van der Waals surface area contributed by atoms with Gasteiger partial charge in [0.1, 0.15) is 0 Å². The summed E-state index contributed by atoms with van der Waals surface area (Å²) in [7, 11) is 0. The van der Waals surface area contributed by atoms with Crippen molar-refractivity contribution >= 4 is 32.3 Å². The largest absolute Gasteiger partial charge is 0.0622 e. The fraction of sp³-hybridized carbons (Fsp3) is 0.0182. The average Bonchev–Trinajstić information content (AvgIpc) is 3.64. The highest BCUT2D eigenvalue weighted by molar-refractivity contribution is 6.25. The van der Waals surface area contributed by atoms with E-state index in [2.05, 4.69) is 206 Å². The van der Waals surface area contributed by atoms with Gasteiger partial charge in [-0.15, -0.1) is 0 Å². The van der Waals surface area contributed by atoms with Gasteiger partial charge in [-0.2, -0.15) is 0 Å². The summed E-state index contributed by atoms with van der Waals surface area (Å²) in [6, 6.07) is 76.3. The first-order valence-corrected chi connectivity index (χ1v) is 19.2. The molecule has 256 valence electrons. The van der Waals surface area contributed by atoms with Gasteiger partial charge >= 0.3 is 0 Å². The van der Waals surface area contributed by atoms with Gasteiger partial charge in [0.05, 0.1) is 0 Å². The molecule has 11 rings (SSSR count). The SMILES string of the molecule is c1ccc(-c2cc3c(c(-c4ccccc4)c2-c2c4ccccc4c(-c4ccccc4-c4ccc5ccccc5c4)c4ccccc24)-c2ccccc2C3)cc1. The van der Waals surface area contributed by atoms with Gasteiger partial charge in [-0.25, -0.2) is 0 Å². The molecular formula is C55H36. The highest BCUT2D eigenvalue weighted by Crippen LogP contribution is 2.55. The molecule has 10 aromatic carbocycles. The Hall–Kier alpha value is -7.02. The second-order valence-corrected chi connectivity index (χ2v) is 14.7. The molecule has 0 saturated carbocycles. The van der Waals surface area contributed by atoms with Crippen LogP contribution in [0.3, 0.4) is 0 Å². The zero-order valence-corrected chi connectivity index (χ0v) is 30.3. The van der Waals surface area contributed by atoms with Crippen LogP contribution >= 0.6 is 0 Å². The molecule has 0 spiro atoms. The predicted molar refractivity (Wildman–Crippen MR) is 234 cm³/mol. The van der Waals surface area contributed by atoms with Crippen molar-refractivity contribution in [1.29, 1.82) is 0 Å². The third-order valence-corrected chi connectivity index (χ3v) is 11.7. The van der Waals surface area contributed by atoms with Gasteiger partial charge < -0.3 is 0 Å². The minimum absolute atomic E-state index is 0.928. The lowest BCUT2D eigenvalue weighted by Gasteiger charge is -2.25. The molecule has 0 aliphatic heterocycles. The van der Waals surface area contributed by atoms with Crippen molar-refractivity contribution in [3.05, 3.63) is 217 Å². The van der Waals surface area contributed by atoms with Crippen molar-refractivity contribution in [3.63, 3.8) is 0 Å². The summed E-state index contributed by atoms with van der Waals surface area (Å²) < 4.78 is 0. The van der Waals surface area contributed by atoms with E-state index in [9.17, 15) is 0 Å². The Morgan fingerprint density at radius 1 is 0.236 bits per heavy atom. The number of fused-ring (bicyclic) bond motifs is 6. The Balaban J connectivity index is 1.29. The van der Waals surface area contributed by atoms with Gasteiger partial charge in [-0.05, 0) is 129 Å². The van der Waals surface area contributed by atoms with Crippen molar-refractivity contribution in [2.75, 3.05) is 0 Å². The number of benzene rings is 10. The quantitative estimate of drug-likeness (QED) is 0.157. The summed E-state index contributed by atoms with van der Waals surface area (Å²) in [6.45, 7) is 0. The van der Waals surface area contributed by atoms with E-state index in [4.69, 9.17) is 0 Å². The molecule has 0 aromatic heterocycles. The second-order valence-electron chi connectivity index (χ2n) is 14.7. The van der Waals surface area contributed by atoms with Crippen molar-refractivity contribution in [1.82, 2.24) is 0 Å². The Kier molecular flexibility index (Phi) is 7.35. The van der Waals surface area contributed by atoms with Crippen LogP contribution in [0.25, 0.3) is 99.1 Å². The fourth-order valence-electron chi connectivity index (χ4n) is 9.31. The Morgan fingerprint density at radius 3 is 1.45 bits per heavy atom. The highest BCUT2D eigenvalue weighted by Gasteiger charge is 2.30. The first kappa shape index (κ1) is 31.5. The minimum atomic E-state index is 0.928. The standard InChI is InChI=1S/C55H36/c1-3-18-37(19-4-1)50-35-42-34-40-23-9-10-25-44(40)51(42)52(38-20-5-2-6-21-38)55(50)54-48-29-15-13-27-46(48)53(47-28-14-16-30-49(47)54)45-26-12-11-24-43(45)41-32-31-36-17-7-8-22-39(36)33-41/h1-33,35H,34H2. The molecule has 0 fully saturated rings. The Labute approximate surface area is 321 Å². The molecule has 0 saturated heterocycles. The zero-order valence-electron chi connectivity index (χ0n) is 30.3. The molecule has 0 heteroatoms. The zero-order chi connectivity index (χ0) is 36.3. The maximum absolute atomic E-state index is 2.50. The van der Waals surface area contributed by atoms with E-state index in [0.717, 1.165) is 6.42 Å². The summed E-state index contributed by atoms with van der Waals surface area (Å²) in [5.41, 5.74) is 18.1. The molecule has 0 amide bonds. The number of hydrogen-bond acceptors (Lipinski definition) is 0. The van der Waals surface area contributed by atoms with Gasteiger partial charge in [-0.3, -0.25) is 0 Å². The van der Waals surface area contributed by atoms with Crippen LogP contribution in [0.5, 0.6) is 0 Å². The summed E-state index contributed by atoms with van der Waals surface area (Å²) in [5.74, 6) is 0. The highest BCUT2D eigenvalue weighted by atomic mass is 14.3. The second kappa shape index (κ2) is 12.8. The van der Waals surface area contributed by atoms with E-state index in [1.165, 1.54) is 110 Å². The maximum atomic E-state index is 2.50. The van der Waals surface area contributed by atoms with Crippen LogP contribution in [0.4, 0.5) is 0 Å². The summed E-state index contributed by atoms with van der Waals surface area (Å²) in [4.78, 5) is 0. The predicted octanol–water partition coefficient (Wildman–Crippen LogP) is 15.1. The van der Waals surface area contributed by atoms with Crippen molar-refractivity contribution in [2.45, 2.75) is 6.42 Å². The van der Waals surface area contributed by atoms with E-state index in [0.29, 0.717) is 0 Å². The van der Waals surface area contributed by atoms with Crippen molar-refractivity contribution < 1.29 is 0 Å². The van der Waals surface area contributed by atoms with E-state index >= 15 is 0 Å². The lowest BCUT2D eigenvalue weighted by molar-refractivity contribution is 1.26. The first-order valence-electron chi connectivity index (χ1n) is 19.2. The van der Waals surface area contributed by atoms with E-state index in [1.54, 1.807) is 0 Å². The third kappa shape index (κ3) is 5.07. The molecular weight excluding hydrogens is 661 g/mol. The van der Waals surface area contributed by atoms with E-state index in [1.807, 2.05) is 0 Å². The lowest BCUT2D eigenvalue weighted by atomic mass is 9.77. The lowest BCUT2D eigenvalue weighted by Crippen LogP contribution is -1.99. The number of rotatable bonds is 5. The smallest absolute Gasteiger partial charge is 0.000787 e. The molecule has 0 N–H and O–H groups in total. The van der Waals surface area contributed by atoms with E-state index in [-0.39, 0.29) is 0 Å². The molecule has 1 aliphatic rings. The molecule has 1 aliphatic carbocycles. The normalized spacial score (nSPS) is 11.9. The summed E-state index contributed by atoms with van der Waals surface area (Å²) in [6.07, 6.45) is 0.928. The average molecular weight is 697 g/mol. The molecule has 55 heavy (non-hydrogen) atoms. The molecule has 10 aromatic rings. The first-order chi connectivity index (χ1) is 27.3. The van der Waals surface area contributed by atoms with Crippen LogP contribution in [0.2, 0.25) is 0 Å². The van der Waals surface area contributed by atoms with Gasteiger partial charge in [0.15, 0.2) is 0 Å². The molecule has 0 unspecified atom stereocenters. The van der Waals surface area contributed by atoms with Crippen LogP contribution in [0.1, 0.15) is 11.1 Å². The Morgan fingerprint density at radius 2 is 0.764 bits per heavy atom. The number of hydrogen-bond donors (Lipinski definition) is 0. The van der Waals surface area contributed by atoms with E-state index < -0.39 is 0 Å². The van der Waals surface area contributed by atoms with Gasteiger partial charge in [-0.1, -0.05) is 194 Å². The summed E-state index contributed by atoms with van der Waals surface area (Å²) >= 11 is 0. The van der Waals surface area contributed by atoms with Crippen LogP contribution in [0.15, 0.2) is 206 Å². The molecule has 0 radical (unpaired) electrons. The molecule has 0 bridgehead atoms. The van der Waals surface area contributed by atoms with Gasteiger partial charge in [0.25, 0.3) is 0 Å². The third-order valence-electron chi connectivity index (χ3n) is 11.7. The van der Waals surface area contributed by atoms with Gasteiger partial charge in [0.2, 0.25) is 0 Å².